The van der Waals surface area contributed by atoms with Gasteiger partial charge in [0.25, 0.3) is 0 Å². The van der Waals surface area contributed by atoms with Gasteiger partial charge in [0.2, 0.25) is 0 Å². The second-order valence-corrected chi connectivity index (χ2v) is 3.01. The summed E-state index contributed by atoms with van der Waals surface area (Å²) in [4.78, 5) is 0. The monoisotopic (exact) mass is 142 g/mol. The average molecular weight is 142 g/mol. The van der Waals surface area contributed by atoms with E-state index in [0.717, 1.165) is 6.42 Å². The molecule has 0 aliphatic carbocycles. The summed E-state index contributed by atoms with van der Waals surface area (Å²) >= 11 is 0. The van der Waals surface area contributed by atoms with Crippen molar-refractivity contribution in [3.05, 3.63) is 0 Å². The Morgan fingerprint density at radius 1 is 1.33 bits per heavy atom. The SMILES string of the molecule is CCC(O)[N+](C)(C)C.[NaH]. The van der Waals surface area contributed by atoms with Gasteiger partial charge < -0.3 is 9.59 Å². The van der Waals surface area contributed by atoms with Gasteiger partial charge in [-0.3, -0.25) is 0 Å². The molecule has 0 heterocycles. The molecule has 0 radical (unpaired) electrons. The summed E-state index contributed by atoms with van der Waals surface area (Å²) < 4.78 is 0.635. The molecule has 1 N–H and O–H groups in total. The molecule has 52 valence electrons. The molecule has 0 aliphatic rings. The van der Waals surface area contributed by atoms with Gasteiger partial charge in [-0.25, -0.2) is 0 Å². The van der Waals surface area contributed by atoms with Gasteiger partial charge in [0.05, 0.1) is 21.1 Å². The maximum atomic E-state index is 9.17. The summed E-state index contributed by atoms with van der Waals surface area (Å²) in [5.41, 5.74) is 0. The molecular weight excluding hydrogens is 125 g/mol. The van der Waals surface area contributed by atoms with Gasteiger partial charge in [-0.15, -0.1) is 0 Å². The fraction of sp³-hybridized carbons (Fsp3) is 1.00. The van der Waals surface area contributed by atoms with E-state index < -0.39 is 0 Å². The number of hydrogen-bond donors (Lipinski definition) is 1. The molecule has 0 amide bonds. The first-order chi connectivity index (χ1) is 3.48. The van der Waals surface area contributed by atoms with Gasteiger partial charge >= 0.3 is 29.6 Å². The predicted octanol–water partition coefficient (Wildman–Crippen LogP) is -0.228. The van der Waals surface area contributed by atoms with Crippen LogP contribution in [0.15, 0.2) is 0 Å². The normalized spacial score (nSPS) is 14.3. The van der Waals surface area contributed by atoms with Crippen LogP contribution in [-0.2, 0) is 0 Å². The molecule has 1 unspecified atom stereocenters. The van der Waals surface area contributed by atoms with Crippen LogP contribution in [0.25, 0.3) is 0 Å². The van der Waals surface area contributed by atoms with E-state index in [4.69, 9.17) is 5.11 Å². The van der Waals surface area contributed by atoms with E-state index in [1.165, 1.54) is 0 Å². The molecule has 0 fully saturated rings. The maximum absolute atomic E-state index is 9.17. The van der Waals surface area contributed by atoms with Gasteiger partial charge in [-0.1, -0.05) is 6.92 Å². The standard InChI is InChI=1S/C6H16NO.Na.H/c1-5-6(8)7(2,3)4;;/h6,8H,5H2,1-4H3;;/q+1;;. The summed E-state index contributed by atoms with van der Waals surface area (Å²) in [5.74, 6) is 0. The fourth-order valence-corrected chi connectivity index (χ4v) is 0.548. The quantitative estimate of drug-likeness (QED) is 0.321. The second-order valence-electron chi connectivity index (χ2n) is 3.01. The number of quaternary nitrogens is 1. The number of nitrogens with zero attached hydrogens (tertiary/aromatic N) is 1. The molecule has 0 aromatic rings. The Kier molecular flexibility index (Phi) is 6.56. The first-order valence-corrected chi connectivity index (χ1v) is 2.97. The second kappa shape index (κ2) is 4.69. The number of rotatable bonds is 2. The van der Waals surface area contributed by atoms with E-state index in [9.17, 15) is 0 Å². The van der Waals surface area contributed by atoms with Crippen molar-refractivity contribution < 1.29 is 9.59 Å². The van der Waals surface area contributed by atoms with Crippen LogP contribution in [0.2, 0.25) is 0 Å². The molecule has 0 bridgehead atoms. The Hall–Kier alpha value is 0.920. The predicted molar refractivity (Wildman–Crippen MR) is 41.5 cm³/mol. The van der Waals surface area contributed by atoms with Crippen LogP contribution in [-0.4, -0.2) is 66.5 Å². The summed E-state index contributed by atoms with van der Waals surface area (Å²) in [7, 11) is 5.94. The molecule has 0 rings (SSSR count). The molecule has 0 saturated heterocycles. The Morgan fingerprint density at radius 2 is 1.67 bits per heavy atom. The van der Waals surface area contributed by atoms with Crippen molar-refractivity contribution >= 4 is 29.6 Å². The third-order valence-electron chi connectivity index (χ3n) is 1.26. The van der Waals surface area contributed by atoms with Crippen molar-refractivity contribution in [1.82, 2.24) is 0 Å². The Labute approximate surface area is 79.7 Å². The van der Waals surface area contributed by atoms with Crippen LogP contribution in [0, 0.1) is 0 Å². The Balaban J connectivity index is 0. The Bertz CT molecular complexity index is 69.9. The molecular formula is C6H17NNaO+. The third-order valence-corrected chi connectivity index (χ3v) is 1.26. The van der Waals surface area contributed by atoms with E-state index in [1.54, 1.807) is 0 Å². The van der Waals surface area contributed by atoms with Crippen LogP contribution in [0.5, 0.6) is 0 Å². The van der Waals surface area contributed by atoms with Crippen molar-refractivity contribution in [2.45, 2.75) is 19.6 Å². The zero-order chi connectivity index (χ0) is 6.78. The third kappa shape index (κ3) is 5.37. The van der Waals surface area contributed by atoms with Gasteiger partial charge in [-0.2, -0.15) is 0 Å². The van der Waals surface area contributed by atoms with Gasteiger partial charge in [0, 0.05) is 6.42 Å². The van der Waals surface area contributed by atoms with Crippen LogP contribution in [0.1, 0.15) is 13.3 Å². The van der Waals surface area contributed by atoms with Crippen molar-refractivity contribution in [3.63, 3.8) is 0 Å². The van der Waals surface area contributed by atoms with Gasteiger partial charge in [0.1, 0.15) is 0 Å². The minimum atomic E-state index is -0.213. The first kappa shape index (κ1) is 12.6. The zero-order valence-corrected chi connectivity index (χ0v) is 6.18. The van der Waals surface area contributed by atoms with Crippen LogP contribution < -0.4 is 0 Å². The van der Waals surface area contributed by atoms with Crippen LogP contribution in [0.4, 0.5) is 0 Å². The molecule has 0 aromatic heterocycles. The van der Waals surface area contributed by atoms with Crippen molar-refractivity contribution in [1.29, 1.82) is 0 Å². The van der Waals surface area contributed by atoms with E-state index in [2.05, 4.69) is 0 Å². The number of aliphatic hydroxyl groups excluding tert-OH is 1. The Morgan fingerprint density at radius 3 is 1.67 bits per heavy atom. The minimum absolute atomic E-state index is 0. The van der Waals surface area contributed by atoms with Crippen molar-refractivity contribution in [2.75, 3.05) is 21.1 Å². The summed E-state index contributed by atoms with van der Waals surface area (Å²) in [6, 6.07) is 0. The van der Waals surface area contributed by atoms with Crippen LogP contribution in [0.3, 0.4) is 0 Å². The molecule has 0 saturated carbocycles. The molecule has 2 nitrogen and oxygen atoms in total. The molecule has 1 atom stereocenters. The summed E-state index contributed by atoms with van der Waals surface area (Å²) in [6.45, 7) is 1.98. The first-order valence-electron chi connectivity index (χ1n) is 2.97. The van der Waals surface area contributed by atoms with Gasteiger partial charge in [0.15, 0.2) is 6.23 Å². The van der Waals surface area contributed by atoms with E-state index in [-0.39, 0.29) is 35.8 Å². The number of hydrogen-bond acceptors (Lipinski definition) is 1. The topological polar surface area (TPSA) is 20.2 Å². The molecule has 0 aliphatic heterocycles. The van der Waals surface area contributed by atoms with Gasteiger partial charge in [-0.05, 0) is 0 Å². The average Bonchev–Trinajstić information content (AvgIpc) is 1.62. The number of aliphatic hydroxyl groups is 1. The molecule has 3 heteroatoms. The summed E-state index contributed by atoms with van der Waals surface area (Å²) in [5, 5.41) is 9.17. The molecule has 0 spiro atoms. The summed E-state index contributed by atoms with van der Waals surface area (Å²) in [6.07, 6.45) is 0.610. The van der Waals surface area contributed by atoms with Crippen LogP contribution >= 0.6 is 0 Å². The van der Waals surface area contributed by atoms with Crippen molar-refractivity contribution in [3.8, 4) is 0 Å². The van der Waals surface area contributed by atoms with E-state index in [0.29, 0.717) is 4.48 Å². The van der Waals surface area contributed by atoms with Crippen molar-refractivity contribution in [2.24, 2.45) is 0 Å². The van der Waals surface area contributed by atoms with E-state index >= 15 is 0 Å². The molecule has 9 heavy (non-hydrogen) atoms. The zero-order valence-electron chi connectivity index (χ0n) is 6.18. The molecule has 0 aromatic carbocycles. The van der Waals surface area contributed by atoms with E-state index in [1.807, 2.05) is 28.1 Å². The fourth-order valence-electron chi connectivity index (χ4n) is 0.548.